The second kappa shape index (κ2) is 7.14. The molecule has 0 saturated carbocycles. The van der Waals surface area contributed by atoms with Crippen LogP contribution in [0.5, 0.6) is 11.5 Å². The lowest BCUT2D eigenvalue weighted by atomic mass is 10.1. The molecule has 3 rings (SSSR count). The number of benzene rings is 2. The van der Waals surface area contributed by atoms with E-state index in [4.69, 9.17) is 9.47 Å². The number of thiazole rings is 1. The zero-order valence-corrected chi connectivity index (χ0v) is 14.1. The van der Waals surface area contributed by atoms with Gasteiger partial charge in [-0.2, -0.15) is 0 Å². The largest absolute Gasteiger partial charge is 0.497 e. The third kappa shape index (κ3) is 3.38. The summed E-state index contributed by atoms with van der Waals surface area (Å²) in [6.45, 7) is 0. The molecule has 0 spiro atoms. The van der Waals surface area contributed by atoms with Gasteiger partial charge in [0.15, 0.2) is 5.13 Å². The first kappa shape index (κ1) is 16.0. The number of amides is 1. The minimum atomic E-state index is -0.182. The monoisotopic (exact) mass is 340 g/mol. The molecule has 3 aromatic rings. The van der Waals surface area contributed by atoms with Gasteiger partial charge >= 0.3 is 0 Å². The molecule has 1 N–H and O–H groups in total. The van der Waals surface area contributed by atoms with Crippen LogP contribution in [-0.2, 0) is 0 Å². The fraction of sp³-hybridized carbons (Fsp3) is 0.111. The average molecular weight is 340 g/mol. The number of hydrogen-bond donors (Lipinski definition) is 1. The normalized spacial score (nSPS) is 10.2. The predicted molar refractivity (Wildman–Crippen MR) is 95.0 cm³/mol. The van der Waals surface area contributed by atoms with Gasteiger partial charge in [0.05, 0.1) is 19.9 Å². The molecule has 0 aliphatic carbocycles. The van der Waals surface area contributed by atoms with Crippen LogP contribution in [0.1, 0.15) is 10.4 Å². The van der Waals surface area contributed by atoms with E-state index in [0.717, 1.165) is 11.3 Å². The molecule has 6 heteroatoms. The highest BCUT2D eigenvalue weighted by molar-refractivity contribution is 7.14. The van der Waals surface area contributed by atoms with Crippen molar-refractivity contribution in [3.05, 3.63) is 59.5 Å². The molecule has 0 unspecified atom stereocenters. The molecular formula is C18H16N2O3S. The van der Waals surface area contributed by atoms with Gasteiger partial charge in [-0.3, -0.25) is 10.1 Å². The highest BCUT2D eigenvalue weighted by Gasteiger charge is 2.13. The van der Waals surface area contributed by atoms with Crippen molar-refractivity contribution in [3.8, 4) is 22.8 Å². The molecule has 0 aliphatic rings. The highest BCUT2D eigenvalue weighted by Crippen LogP contribution is 2.34. The van der Waals surface area contributed by atoms with E-state index in [2.05, 4.69) is 10.3 Å². The molecule has 1 heterocycles. The van der Waals surface area contributed by atoms with Crippen LogP contribution in [0.4, 0.5) is 5.13 Å². The Kier molecular flexibility index (Phi) is 4.77. The van der Waals surface area contributed by atoms with Crippen LogP contribution in [0.25, 0.3) is 11.3 Å². The molecule has 1 aromatic heterocycles. The SMILES string of the molecule is COc1ccc(-c2csc(NC(=O)c3ccccc3)n2)c(OC)c1. The van der Waals surface area contributed by atoms with Crippen LogP contribution >= 0.6 is 11.3 Å². The zero-order chi connectivity index (χ0) is 16.9. The molecule has 2 aromatic carbocycles. The van der Waals surface area contributed by atoms with E-state index < -0.39 is 0 Å². The number of hydrogen-bond acceptors (Lipinski definition) is 5. The van der Waals surface area contributed by atoms with E-state index in [1.165, 1.54) is 11.3 Å². The van der Waals surface area contributed by atoms with Crippen molar-refractivity contribution < 1.29 is 14.3 Å². The number of nitrogens with one attached hydrogen (secondary N) is 1. The van der Waals surface area contributed by atoms with E-state index in [1.54, 1.807) is 32.4 Å². The fourth-order valence-electron chi connectivity index (χ4n) is 2.22. The van der Waals surface area contributed by atoms with Gasteiger partial charge in [-0.1, -0.05) is 18.2 Å². The maximum Gasteiger partial charge on any atom is 0.257 e. The predicted octanol–water partition coefficient (Wildman–Crippen LogP) is 4.08. The quantitative estimate of drug-likeness (QED) is 0.760. The number of anilines is 1. The Morgan fingerprint density at radius 2 is 1.88 bits per heavy atom. The lowest BCUT2D eigenvalue weighted by Crippen LogP contribution is -2.11. The molecule has 24 heavy (non-hydrogen) atoms. The molecular weight excluding hydrogens is 324 g/mol. The van der Waals surface area contributed by atoms with Crippen LogP contribution < -0.4 is 14.8 Å². The van der Waals surface area contributed by atoms with Crippen LogP contribution in [0.3, 0.4) is 0 Å². The first-order valence-corrected chi connectivity index (χ1v) is 8.13. The van der Waals surface area contributed by atoms with Crippen molar-refractivity contribution in [2.24, 2.45) is 0 Å². The van der Waals surface area contributed by atoms with Gasteiger partial charge in [0.2, 0.25) is 0 Å². The maximum atomic E-state index is 12.2. The van der Waals surface area contributed by atoms with Gasteiger partial charge in [0, 0.05) is 22.6 Å². The van der Waals surface area contributed by atoms with Crippen molar-refractivity contribution in [2.75, 3.05) is 19.5 Å². The van der Waals surface area contributed by atoms with Crippen molar-refractivity contribution in [2.45, 2.75) is 0 Å². The minimum absolute atomic E-state index is 0.182. The Morgan fingerprint density at radius 3 is 2.58 bits per heavy atom. The molecule has 122 valence electrons. The molecule has 0 saturated heterocycles. The molecule has 0 fully saturated rings. The van der Waals surface area contributed by atoms with Gasteiger partial charge < -0.3 is 9.47 Å². The van der Waals surface area contributed by atoms with Crippen molar-refractivity contribution in [3.63, 3.8) is 0 Å². The topological polar surface area (TPSA) is 60.5 Å². The second-order valence-corrected chi connectivity index (χ2v) is 5.78. The Hall–Kier alpha value is -2.86. The van der Waals surface area contributed by atoms with Crippen LogP contribution in [0, 0.1) is 0 Å². The lowest BCUT2D eigenvalue weighted by molar-refractivity contribution is 0.102. The van der Waals surface area contributed by atoms with Gasteiger partial charge in [0.25, 0.3) is 5.91 Å². The molecule has 0 radical (unpaired) electrons. The summed E-state index contributed by atoms with van der Waals surface area (Å²) in [5.41, 5.74) is 2.17. The summed E-state index contributed by atoms with van der Waals surface area (Å²) >= 11 is 1.37. The summed E-state index contributed by atoms with van der Waals surface area (Å²) in [4.78, 5) is 16.7. The highest BCUT2D eigenvalue weighted by atomic mass is 32.1. The number of nitrogens with zero attached hydrogens (tertiary/aromatic N) is 1. The Balaban J connectivity index is 1.82. The number of carbonyl (C=O) groups is 1. The average Bonchev–Trinajstić information content (AvgIpc) is 3.10. The number of ether oxygens (including phenoxy) is 2. The third-order valence-electron chi connectivity index (χ3n) is 3.45. The summed E-state index contributed by atoms with van der Waals surface area (Å²) in [6.07, 6.45) is 0. The van der Waals surface area contributed by atoms with Crippen LogP contribution in [0.15, 0.2) is 53.9 Å². The Labute approximate surface area is 143 Å². The lowest BCUT2D eigenvalue weighted by Gasteiger charge is -2.08. The summed E-state index contributed by atoms with van der Waals surface area (Å²) in [6, 6.07) is 14.6. The van der Waals surface area contributed by atoms with E-state index >= 15 is 0 Å². The number of aromatic nitrogens is 1. The Bertz CT molecular complexity index is 846. The summed E-state index contributed by atoms with van der Waals surface area (Å²) in [7, 11) is 3.21. The smallest absolute Gasteiger partial charge is 0.257 e. The zero-order valence-electron chi connectivity index (χ0n) is 13.3. The maximum absolute atomic E-state index is 12.2. The first-order valence-electron chi connectivity index (χ1n) is 7.25. The van der Waals surface area contributed by atoms with Gasteiger partial charge in [-0.25, -0.2) is 4.98 Å². The Morgan fingerprint density at radius 1 is 1.08 bits per heavy atom. The number of rotatable bonds is 5. The standard InChI is InChI=1S/C18H16N2O3S/c1-22-13-8-9-14(16(10-13)23-2)15-11-24-18(19-15)20-17(21)12-6-4-3-5-7-12/h3-11H,1-2H3,(H,19,20,21). The molecule has 0 aliphatic heterocycles. The number of carbonyl (C=O) groups excluding carboxylic acids is 1. The van der Waals surface area contributed by atoms with Crippen molar-refractivity contribution >= 4 is 22.4 Å². The molecule has 5 nitrogen and oxygen atoms in total. The first-order chi connectivity index (χ1) is 11.7. The second-order valence-electron chi connectivity index (χ2n) is 4.92. The summed E-state index contributed by atoms with van der Waals surface area (Å²) in [5, 5.41) is 5.23. The van der Waals surface area contributed by atoms with Gasteiger partial charge in [-0.15, -0.1) is 11.3 Å². The van der Waals surface area contributed by atoms with Crippen LogP contribution in [-0.4, -0.2) is 25.1 Å². The van der Waals surface area contributed by atoms with Crippen molar-refractivity contribution in [1.82, 2.24) is 4.98 Å². The molecule has 0 bridgehead atoms. The summed E-state index contributed by atoms with van der Waals surface area (Å²) < 4.78 is 10.6. The van der Waals surface area contributed by atoms with E-state index in [-0.39, 0.29) is 5.91 Å². The van der Waals surface area contributed by atoms with E-state index in [9.17, 15) is 4.79 Å². The third-order valence-corrected chi connectivity index (χ3v) is 4.20. The molecule has 1 amide bonds. The van der Waals surface area contributed by atoms with E-state index in [0.29, 0.717) is 22.2 Å². The van der Waals surface area contributed by atoms with Crippen molar-refractivity contribution in [1.29, 1.82) is 0 Å². The van der Waals surface area contributed by atoms with E-state index in [1.807, 2.05) is 35.7 Å². The van der Waals surface area contributed by atoms with Crippen LogP contribution in [0.2, 0.25) is 0 Å². The van der Waals surface area contributed by atoms with Gasteiger partial charge in [-0.05, 0) is 24.3 Å². The fourth-order valence-corrected chi connectivity index (χ4v) is 2.93. The molecule has 0 atom stereocenters. The van der Waals surface area contributed by atoms with Gasteiger partial charge in [0.1, 0.15) is 11.5 Å². The summed E-state index contributed by atoms with van der Waals surface area (Å²) in [5.74, 6) is 1.20. The minimum Gasteiger partial charge on any atom is -0.497 e. The number of methoxy groups -OCH3 is 2.